The van der Waals surface area contributed by atoms with E-state index in [1.54, 1.807) is 13.0 Å². The van der Waals surface area contributed by atoms with Crippen LogP contribution in [0.3, 0.4) is 0 Å². The summed E-state index contributed by atoms with van der Waals surface area (Å²) >= 11 is 4.18. The molecule has 2 N–H and O–H groups in total. The van der Waals surface area contributed by atoms with E-state index in [1.165, 1.54) is 6.07 Å². The van der Waals surface area contributed by atoms with Gasteiger partial charge < -0.3 is 10.1 Å². The Bertz CT molecular complexity index is 939. The summed E-state index contributed by atoms with van der Waals surface area (Å²) in [5.41, 5.74) is -1.75. The first-order valence-corrected chi connectivity index (χ1v) is 11.0. The minimum atomic E-state index is -4.62. The van der Waals surface area contributed by atoms with Gasteiger partial charge in [0.15, 0.2) is 0 Å². The van der Waals surface area contributed by atoms with Crippen molar-refractivity contribution in [1.29, 1.82) is 0 Å². The number of benzene rings is 1. The third-order valence-electron chi connectivity index (χ3n) is 4.04. The first-order valence-electron chi connectivity index (χ1n) is 7.88. The maximum Gasteiger partial charge on any atom is 0.419 e. The van der Waals surface area contributed by atoms with Crippen molar-refractivity contribution in [3.05, 3.63) is 39.7 Å². The van der Waals surface area contributed by atoms with E-state index in [9.17, 15) is 21.6 Å². The Labute approximate surface area is 167 Å². The molecular weight excluding hydrogens is 469 g/mol. The molecule has 0 saturated carbocycles. The van der Waals surface area contributed by atoms with Crippen LogP contribution < -0.4 is 14.8 Å². The Morgan fingerprint density at radius 3 is 2.59 bits per heavy atom. The van der Waals surface area contributed by atoms with Crippen molar-refractivity contribution in [3.8, 4) is 5.75 Å². The Morgan fingerprint density at radius 2 is 2.04 bits per heavy atom. The van der Waals surface area contributed by atoms with Crippen molar-refractivity contribution in [2.24, 2.45) is 0 Å². The highest BCUT2D eigenvalue weighted by molar-refractivity contribution is 9.11. The molecule has 1 fully saturated rings. The van der Waals surface area contributed by atoms with Gasteiger partial charge in [0.1, 0.15) is 15.6 Å². The van der Waals surface area contributed by atoms with Gasteiger partial charge >= 0.3 is 6.18 Å². The predicted octanol–water partition coefficient (Wildman–Crippen LogP) is 4.46. The summed E-state index contributed by atoms with van der Waals surface area (Å²) in [6.45, 7) is 2.76. The molecule has 1 atom stereocenters. The molecule has 2 aromatic rings. The van der Waals surface area contributed by atoms with E-state index in [0.29, 0.717) is 23.3 Å². The molecule has 148 valence electrons. The first kappa shape index (κ1) is 20.4. The third-order valence-corrected chi connectivity index (χ3v) is 7.54. The highest BCUT2D eigenvalue weighted by atomic mass is 79.9. The van der Waals surface area contributed by atoms with Crippen LogP contribution in [-0.4, -0.2) is 27.1 Å². The molecule has 0 spiro atoms. The van der Waals surface area contributed by atoms with Crippen LogP contribution in [0.4, 0.5) is 18.9 Å². The largest absolute Gasteiger partial charge is 0.485 e. The lowest BCUT2D eigenvalue weighted by Gasteiger charge is -2.27. The second-order valence-electron chi connectivity index (χ2n) is 6.35. The van der Waals surface area contributed by atoms with E-state index in [4.69, 9.17) is 4.74 Å². The van der Waals surface area contributed by atoms with Crippen LogP contribution in [0.1, 0.15) is 18.9 Å². The zero-order valence-corrected chi connectivity index (χ0v) is 17.3. The fourth-order valence-electron chi connectivity index (χ4n) is 2.70. The van der Waals surface area contributed by atoms with Crippen molar-refractivity contribution in [2.75, 3.05) is 17.8 Å². The summed E-state index contributed by atoms with van der Waals surface area (Å²) in [5.74, 6) is -0.402. The topological polar surface area (TPSA) is 67.4 Å². The van der Waals surface area contributed by atoms with Crippen molar-refractivity contribution in [2.45, 2.75) is 29.3 Å². The van der Waals surface area contributed by atoms with Crippen LogP contribution >= 0.6 is 27.3 Å². The quantitative estimate of drug-likeness (QED) is 0.657. The average molecular weight is 485 g/mol. The molecule has 11 heteroatoms. The van der Waals surface area contributed by atoms with Crippen molar-refractivity contribution in [3.63, 3.8) is 0 Å². The monoisotopic (exact) mass is 484 g/mol. The first-order chi connectivity index (χ1) is 12.5. The predicted molar refractivity (Wildman–Crippen MR) is 101 cm³/mol. The Kier molecular flexibility index (Phi) is 5.50. The van der Waals surface area contributed by atoms with E-state index in [0.717, 1.165) is 29.5 Å². The SMILES string of the molecule is C[C@@]1(Oc2cc(NS(=O)(=O)c3ccc(Br)s3)ccc2C(F)(F)F)CCNC1. The van der Waals surface area contributed by atoms with Crippen LogP contribution in [0, 0.1) is 0 Å². The summed E-state index contributed by atoms with van der Waals surface area (Å²) in [5, 5.41) is 3.05. The van der Waals surface area contributed by atoms with Gasteiger partial charge in [0, 0.05) is 19.0 Å². The number of ether oxygens (including phenoxy) is 1. The molecule has 27 heavy (non-hydrogen) atoms. The van der Waals surface area contributed by atoms with Gasteiger partial charge in [-0.15, -0.1) is 11.3 Å². The standard InChI is InChI=1S/C16H16BrF3N2O3S2/c1-15(6-7-21-9-15)25-12-8-10(2-3-11(12)16(18,19)20)22-27(23,24)14-5-4-13(17)26-14/h2-5,8,21-22H,6-7,9H2,1H3/t15-/m1/s1. The number of anilines is 1. The Balaban J connectivity index is 1.94. The molecule has 1 aliphatic heterocycles. The average Bonchev–Trinajstić information content (AvgIpc) is 3.15. The number of hydrogen-bond acceptors (Lipinski definition) is 5. The van der Waals surface area contributed by atoms with E-state index < -0.39 is 33.1 Å². The second-order valence-corrected chi connectivity index (χ2v) is 10.7. The van der Waals surface area contributed by atoms with Gasteiger partial charge in [-0.25, -0.2) is 8.42 Å². The number of nitrogens with one attached hydrogen (secondary N) is 2. The molecule has 0 amide bonds. The molecule has 0 radical (unpaired) electrons. The number of thiophene rings is 1. The molecule has 1 aromatic carbocycles. The smallest absolute Gasteiger partial charge is 0.419 e. The number of sulfonamides is 1. The van der Waals surface area contributed by atoms with Gasteiger partial charge in [-0.1, -0.05) is 0 Å². The number of halogens is 4. The van der Waals surface area contributed by atoms with E-state index in [-0.39, 0.29) is 9.90 Å². The molecule has 2 heterocycles. The van der Waals surface area contributed by atoms with Gasteiger partial charge in [0.05, 0.1) is 15.0 Å². The van der Waals surface area contributed by atoms with Gasteiger partial charge in [-0.3, -0.25) is 4.72 Å². The van der Waals surface area contributed by atoms with Crippen LogP contribution in [0.5, 0.6) is 5.75 Å². The summed E-state index contributed by atoms with van der Waals surface area (Å²) in [6, 6.07) is 5.96. The zero-order valence-electron chi connectivity index (χ0n) is 14.1. The van der Waals surface area contributed by atoms with E-state index >= 15 is 0 Å². The van der Waals surface area contributed by atoms with Crippen LogP contribution in [0.15, 0.2) is 38.3 Å². The highest BCUT2D eigenvalue weighted by Gasteiger charge is 2.38. The van der Waals surface area contributed by atoms with Crippen molar-refractivity contribution < 1.29 is 26.3 Å². The van der Waals surface area contributed by atoms with Crippen LogP contribution in [-0.2, 0) is 16.2 Å². The van der Waals surface area contributed by atoms with Gasteiger partial charge in [0.25, 0.3) is 10.0 Å². The molecule has 1 saturated heterocycles. The number of alkyl halides is 3. The van der Waals surface area contributed by atoms with E-state index in [1.807, 2.05) is 0 Å². The van der Waals surface area contributed by atoms with Crippen molar-refractivity contribution in [1.82, 2.24) is 5.32 Å². The summed E-state index contributed by atoms with van der Waals surface area (Å²) in [4.78, 5) is 0. The molecule has 1 aromatic heterocycles. The highest BCUT2D eigenvalue weighted by Crippen LogP contribution is 2.40. The molecule has 0 unspecified atom stereocenters. The summed E-state index contributed by atoms with van der Waals surface area (Å²) in [7, 11) is -3.91. The molecule has 3 rings (SSSR count). The summed E-state index contributed by atoms with van der Waals surface area (Å²) in [6.07, 6.45) is -4.07. The Hall–Kier alpha value is -1.30. The van der Waals surface area contributed by atoms with Crippen LogP contribution in [0.2, 0.25) is 0 Å². The molecule has 0 bridgehead atoms. The second kappa shape index (κ2) is 7.26. The number of rotatable bonds is 5. The number of hydrogen-bond donors (Lipinski definition) is 2. The lowest BCUT2D eigenvalue weighted by Crippen LogP contribution is -2.35. The van der Waals surface area contributed by atoms with Gasteiger partial charge in [-0.05, 0) is 53.7 Å². The molecular formula is C16H16BrF3N2O3S2. The lowest BCUT2D eigenvalue weighted by molar-refractivity contribution is -0.139. The molecule has 1 aliphatic rings. The van der Waals surface area contributed by atoms with Gasteiger partial charge in [-0.2, -0.15) is 13.2 Å². The normalized spacial score (nSPS) is 20.6. The molecule has 0 aliphatic carbocycles. The Morgan fingerprint density at radius 1 is 1.30 bits per heavy atom. The summed E-state index contributed by atoms with van der Waals surface area (Å²) < 4.78 is 73.5. The van der Waals surface area contributed by atoms with Crippen LogP contribution in [0.25, 0.3) is 0 Å². The maximum atomic E-state index is 13.3. The lowest BCUT2D eigenvalue weighted by atomic mass is 10.1. The maximum absolute atomic E-state index is 13.3. The fourth-order valence-corrected chi connectivity index (χ4v) is 5.76. The van der Waals surface area contributed by atoms with Gasteiger partial charge in [0.2, 0.25) is 0 Å². The molecule has 5 nitrogen and oxygen atoms in total. The minimum absolute atomic E-state index is 0.00271. The zero-order chi connectivity index (χ0) is 19.9. The van der Waals surface area contributed by atoms with Crippen molar-refractivity contribution >= 4 is 43.0 Å². The van der Waals surface area contributed by atoms with E-state index in [2.05, 4.69) is 26.0 Å². The fraction of sp³-hybridized carbons (Fsp3) is 0.375. The minimum Gasteiger partial charge on any atom is -0.485 e. The third kappa shape index (κ3) is 4.76.